The third-order valence-corrected chi connectivity index (χ3v) is 7.81. The van der Waals surface area contributed by atoms with Crippen LogP contribution in [-0.2, 0) is 9.59 Å². The number of allylic oxidation sites excluding steroid dienone is 2. The summed E-state index contributed by atoms with van der Waals surface area (Å²) in [7, 11) is 0. The minimum Gasteiger partial charge on any atom is -0.481 e. The van der Waals surface area contributed by atoms with E-state index in [-0.39, 0.29) is 0 Å². The van der Waals surface area contributed by atoms with Crippen LogP contribution in [0.4, 0.5) is 0 Å². The van der Waals surface area contributed by atoms with Crippen molar-refractivity contribution in [3.8, 4) is 0 Å². The Morgan fingerprint density at radius 1 is 0.926 bits per heavy atom. The summed E-state index contributed by atoms with van der Waals surface area (Å²) in [6.45, 7) is 7.42. The van der Waals surface area contributed by atoms with Crippen molar-refractivity contribution in [1.82, 2.24) is 0 Å². The highest BCUT2D eigenvalue weighted by atomic mass is 16.4. The second kappa shape index (κ2) is 8.79. The molecule has 0 bridgehead atoms. The van der Waals surface area contributed by atoms with Crippen LogP contribution in [0.5, 0.6) is 0 Å². The van der Waals surface area contributed by atoms with E-state index < -0.39 is 11.9 Å². The van der Waals surface area contributed by atoms with Crippen molar-refractivity contribution < 1.29 is 19.8 Å². The van der Waals surface area contributed by atoms with E-state index in [1.54, 1.807) is 6.42 Å². The molecule has 0 unspecified atom stereocenters. The molecule has 0 aromatic carbocycles. The van der Waals surface area contributed by atoms with Gasteiger partial charge in [0.05, 0.1) is 0 Å². The van der Waals surface area contributed by atoms with Gasteiger partial charge in [0.1, 0.15) is 0 Å². The number of aliphatic carboxylic acids is 2. The lowest BCUT2D eigenvalue weighted by molar-refractivity contribution is -0.135. The van der Waals surface area contributed by atoms with E-state index in [0.29, 0.717) is 5.41 Å². The summed E-state index contributed by atoms with van der Waals surface area (Å²) in [6.07, 6.45) is 17.5. The van der Waals surface area contributed by atoms with Crippen LogP contribution < -0.4 is 0 Å². The monoisotopic (exact) mass is 378 g/mol. The van der Waals surface area contributed by atoms with Crippen LogP contribution in [0, 0.1) is 28.6 Å². The normalized spacial score (nSPS) is 39.1. The molecule has 4 aliphatic rings. The number of carboxylic acid groups (broad SMARTS) is 2. The van der Waals surface area contributed by atoms with Crippen LogP contribution in [0.2, 0.25) is 0 Å². The van der Waals surface area contributed by atoms with Gasteiger partial charge in [-0.1, -0.05) is 31.9 Å². The van der Waals surface area contributed by atoms with Gasteiger partial charge in [-0.3, -0.25) is 9.59 Å². The maximum absolute atomic E-state index is 9.00. The van der Waals surface area contributed by atoms with Gasteiger partial charge in [0, 0.05) is 13.8 Å². The minimum absolute atomic E-state index is 0.602. The van der Waals surface area contributed by atoms with Crippen molar-refractivity contribution >= 4 is 11.9 Å². The highest BCUT2D eigenvalue weighted by Crippen LogP contribution is 2.65. The molecule has 27 heavy (non-hydrogen) atoms. The predicted molar refractivity (Wildman–Crippen MR) is 108 cm³/mol. The topological polar surface area (TPSA) is 74.6 Å². The van der Waals surface area contributed by atoms with Crippen molar-refractivity contribution in [3.63, 3.8) is 0 Å². The quantitative estimate of drug-likeness (QED) is 0.514. The average Bonchev–Trinajstić information content (AvgIpc) is 2.95. The molecule has 4 nitrogen and oxygen atoms in total. The lowest BCUT2D eigenvalue weighted by Crippen LogP contribution is -2.48. The van der Waals surface area contributed by atoms with Gasteiger partial charge >= 0.3 is 0 Å². The SMILES string of the molecule is CC(=O)O.CC(=O)O.C[C@@]12CCC[C@H]1[C@@H]1CCC3=CCCC[C@]3(C)[C@H]1CC2. The number of rotatable bonds is 0. The molecule has 0 saturated heterocycles. The highest BCUT2D eigenvalue weighted by Gasteiger charge is 2.55. The van der Waals surface area contributed by atoms with E-state index in [2.05, 4.69) is 19.9 Å². The van der Waals surface area contributed by atoms with Crippen LogP contribution in [0.3, 0.4) is 0 Å². The third-order valence-electron chi connectivity index (χ3n) is 7.81. The molecule has 3 fully saturated rings. The first kappa shape index (κ1) is 22.0. The number of hydrogen-bond donors (Lipinski definition) is 2. The van der Waals surface area contributed by atoms with Crippen molar-refractivity contribution in [2.24, 2.45) is 28.6 Å². The Balaban J connectivity index is 0.000000281. The van der Waals surface area contributed by atoms with Crippen molar-refractivity contribution in [2.45, 2.75) is 91.9 Å². The van der Waals surface area contributed by atoms with Crippen molar-refractivity contribution in [1.29, 1.82) is 0 Å². The molecule has 5 atom stereocenters. The van der Waals surface area contributed by atoms with E-state index in [9.17, 15) is 0 Å². The lowest BCUT2D eigenvalue weighted by Gasteiger charge is -2.57. The second-order valence-corrected chi connectivity index (χ2v) is 9.58. The molecular formula is C23H38O4. The van der Waals surface area contributed by atoms with Crippen LogP contribution >= 0.6 is 0 Å². The number of carboxylic acids is 2. The average molecular weight is 379 g/mol. The minimum atomic E-state index is -0.833. The molecule has 0 radical (unpaired) electrons. The highest BCUT2D eigenvalue weighted by molar-refractivity contribution is 5.63. The van der Waals surface area contributed by atoms with Crippen molar-refractivity contribution in [3.05, 3.63) is 11.6 Å². The van der Waals surface area contributed by atoms with Gasteiger partial charge in [-0.2, -0.15) is 0 Å². The molecule has 0 amide bonds. The van der Waals surface area contributed by atoms with Crippen molar-refractivity contribution in [2.75, 3.05) is 0 Å². The van der Waals surface area contributed by atoms with Crippen LogP contribution in [0.15, 0.2) is 11.6 Å². The summed E-state index contributed by atoms with van der Waals surface area (Å²) in [5, 5.41) is 14.8. The zero-order chi connectivity index (χ0) is 20.2. The van der Waals surface area contributed by atoms with Crippen LogP contribution in [0.1, 0.15) is 91.9 Å². The summed E-state index contributed by atoms with van der Waals surface area (Å²) >= 11 is 0. The Morgan fingerprint density at radius 3 is 2.19 bits per heavy atom. The maximum atomic E-state index is 9.00. The molecule has 3 saturated carbocycles. The smallest absolute Gasteiger partial charge is 0.300 e. The fourth-order valence-electron chi connectivity index (χ4n) is 6.75. The van der Waals surface area contributed by atoms with Crippen LogP contribution in [-0.4, -0.2) is 22.2 Å². The Kier molecular flexibility index (Phi) is 7.15. The molecule has 0 aliphatic heterocycles. The van der Waals surface area contributed by atoms with E-state index in [0.717, 1.165) is 37.0 Å². The molecule has 154 valence electrons. The van der Waals surface area contributed by atoms with Gasteiger partial charge in [0.2, 0.25) is 0 Å². The molecule has 0 aromatic rings. The van der Waals surface area contributed by atoms with E-state index >= 15 is 0 Å². The number of fused-ring (bicyclic) bond motifs is 5. The van der Waals surface area contributed by atoms with Gasteiger partial charge < -0.3 is 10.2 Å². The molecule has 2 N–H and O–H groups in total. The molecule has 0 aromatic heterocycles. The van der Waals surface area contributed by atoms with Gasteiger partial charge in [0.25, 0.3) is 11.9 Å². The zero-order valence-electron chi connectivity index (χ0n) is 17.6. The Labute approximate surface area is 164 Å². The summed E-state index contributed by atoms with van der Waals surface area (Å²) < 4.78 is 0. The fraction of sp³-hybridized carbons (Fsp3) is 0.826. The number of hydrogen-bond acceptors (Lipinski definition) is 2. The Hall–Kier alpha value is -1.32. The van der Waals surface area contributed by atoms with Gasteiger partial charge in [-0.15, -0.1) is 0 Å². The second-order valence-electron chi connectivity index (χ2n) is 9.58. The Bertz CT molecular complexity index is 561. The summed E-state index contributed by atoms with van der Waals surface area (Å²) in [5.41, 5.74) is 3.19. The lowest BCUT2D eigenvalue weighted by atomic mass is 9.47. The molecule has 0 spiro atoms. The Morgan fingerprint density at radius 2 is 1.56 bits per heavy atom. The molecule has 4 rings (SSSR count). The van der Waals surface area contributed by atoms with E-state index in [4.69, 9.17) is 19.8 Å². The molecular weight excluding hydrogens is 340 g/mol. The summed E-state index contributed by atoms with van der Waals surface area (Å²) in [5.74, 6) is 1.51. The summed E-state index contributed by atoms with van der Waals surface area (Å²) in [6, 6.07) is 0. The maximum Gasteiger partial charge on any atom is 0.300 e. The van der Waals surface area contributed by atoms with Gasteiger partial charge in [-0.05, 0) is 86.4 Å². The molecule has 4 aliphatic carbocycles. The third kappa shape index (κ3) is 4.94. The first-order valence-electron chi connectivity index (χ1n) is 10.7. The molecule has 0 heterocycles. The zero-order valence-corrected chi connectivity index (χ0v) is 17.6. The summed E-state index contributed by atoms with van der Waals surface area (Å²) in [4.78, 5) is 18.0. The first-order chi connectivity index (χ1) is 12.6. The van der Waals surface area contributed by atoms with Gasteiger partial charge in [0.15, 0.2) is 0 Å². The van der Waals surface area contributed by atoms with Crippen LogP contribution in [0.25, 0.3) is 0 Å². The van der Waals surface area contributed by atoms with E-state index in [1.165, 1.54) is 57.8 Å². The first-order valence-corrected chi connectivity index (χ1v) is 10.7. The largest absolute Gasteiger partial charge is 0.481 e. The van der Waals surface area contributed by atoms with E-state index in [1.807, 2.05) is 5.57 Å². The predicted octanol–water partition coefficient (Wildman–Crippen LogP) is 5.91. The fourth-order valence-corrected chi connectivity index (χ4v) is 6.75. The van der Waals surface area contributed by atoms with Gasteiger partial charge in [-0.25, -0.2) is 0 Å². The number of carbonyl (C=O) groups is 2. The standard InChI is InChI=1S/C19H30.2C2H4O2/c1-18-11-5-7-16(18)15-9-8-14-6-3-4-12-19(14,2)17(15)10-13-18;2*1-2(3)4/h6,15-17H,3-5,7-13H2,1-2H3;2*1H3,(H,3,4)/t15-,16-,17-,18-,19-;;/m0../s1. The molecule has 4 heteroatoms.